The van der Waals surface area contributed by atoms with Gasteiger partial charge >= 0.3 is 6.03 Å². The number of urea groups is 1. The van der Waals surface area contributed by atoms with Crippen LogP contribution in [0.25, 0.3) is 0 Å². The molecule has 0 aromatic heterocycles. The zero-order valence-corrected chi connectivity index (χ0v) is 14.6. The Kier molecular flexibility index (Phi) is 7.21. The minimum atomic E-state index is -0.426. The molecule has 1 atom stereocenters. The van der Waals surface area contributed by atoms with Crippen LogP contribution in [0.5, 0.6) is 0 Å². The molecule has 0 bridgehead atoms. The first-order chi connectivity index (χ1) is 11.6. The van der Waals surface area contributed by atoms with Crippen LogP contribution in [0.3, 0.4) is 0 Å². The maximum Gasteiger partial charge on any atom is 0.321 e. The molecule has 3 amide bonds. The van der Waals surface area contributed by atoms with Crippen molar-refractivity contribution in [3.63, 3.8) is 0 Å². The summed E-state index contributed by atoms with van der Waals surface area (Å²) in [5, 5.41) is 4.92. The number of hydrogen-bond acceptors (Lipinski definition) is 4. The van der Waals surface area contributed by atoms with Crippen molar-refractivity contribution in [1.82, 2.24) is 20.4 Å². The molecule has 1 aromatic rings. The van der Waals surface area contributed by atoms with Gasteiger partial charge in [-0.25, -0.2) is 4.79 Å². The van der Waals surface area contributed by atoms with Gasteiger partial charge in [-0.2, -0.15) is 0 Å². The zero-order valence-electron chi connectivity index (χ0n) is 14.6. The Morgan fingerprint density at radius 2 is 2.04 bits per heavy atom. The predicted octanol–water partition coefficient (Wildman–Crippen LogP) is 1.43. The Morgan fingerprint density at radius 3 is 2.75 bits per heavy atom. The molecule has 1 unspecified atom stereocenters. The van der Waals surface area contributed by atoms with Crippen molar-refractivity contribution in [3.05, 3.63) is 35.9 Å². The Morgan fingerprint density at radius 1 is 1.29 bits per heavy atom. The Balaban J connectivity index is 1.80. The van der Waals surface area contributed by atoms with Gasteiger partial charge in [0.05, 0.1) is 6.54 Å². The van der Waals surface area contributed by atoms with Crippen LogP contribution in [-0.4, -0.2) is 61.0 Å². The number of benzene rings is 1. The van der Waals surface area contributed by atoms with E-state index >= 15 is 0 Å². The predicted molar refractivity (Wildman–Crippen MR) is 94.6 cm³/mol. The third kappa shape index (κ3) is 5.94. The van der Waals surface area contributed by atoms with E-state index in [-0.39, 0.29) is 12.5 Å². The van der Waals surface area contributed by atoms with Gasteiger partial charge in [-0.15, -0.1) is 0 Å². The second kappa shape index (κ2) is 9.39. The van der Waals surface area contributed by atoms with Crippen LogP contribution in [0.2, 0.25) is 0 Å². The second-order valence-electron chi connectivity index (χ2n) is 6.34. The third-order valence-electron chi connectivity index (χ3n) is 4.34. The molecule has 1 aliphatic heterocycles. The van der Waals surface area contributed by atoms with Crippen molar-refractivity contribution in [1.29, 1.82) is 0 Å². The molecule has 6 heteroatoms. The van der Waals surface area contributed by atoms with E-state index in [0.717, 1.165) is 32.5 Å². The standard InChI is InChI=1S/C18H28N4O2/c1-3-19-18(24)20-17(23)14-21(2)16-10-7-11-22(13-16)12-15-8-5-4-6-9-15/h4-6,8-9,16H,3,7,10-14H2,1-2H3,(H2,19,20,23,24). The second-order valence-corrected chi connectivity index (χ2v) is 6.34. The van der Waals surface area contributed by atoms with Crippen LogP contribution in [-0.2, 0) is 11.3 Å². The Labute approximate surface area is 144 Å². The molecule has 1 saturated heterocycles. The summed E-state index contributed by atoms with van der Waals surface area (Å²) in [7, 11) is 1.95. The summed E-state index contributed by atoms with van der Waals surface area (Å²) in [6, 6.07) is 10.4. The summed E-state index contributed by atoms with van der Waals surface area (Å²) >= 11 is 0. The normalized spacial score (nSPS) is 18.4. The molecule has 24 heavy (non-hydrogen) atoms. The number of likely N-dealkylation sites (N-methyl/N-ethyl adjacent to an activating group) is 1. The first-order valence-electron chi connectivity index (χ1n) is 8.62. The molecule has 1 aromatic carbocycles. The van der Waals surface area contributed by atoms with E-state index in [1.54, 1.807) is 0 Å². The highest BCUT2D eigenvalue weighted by molar-refractivity contribution is 5.95. The third-order valence-corrected chi connectivity index (χ3v) is 4.34. The summed E-state index contributed by atoms with van der Waals surface area (Å²) in [5.41, 5.74) is 1.31. The quantitative estimate of drug-likeness (QED) is 0.827. The summed E-state index contributed by atoms with van der Waals surface area (Å²) in [6.45, 7) is 5.53. The highest BCUT2D eigenvalue weighted by Crippen LogP contribution is 2.17. The molecule has 6 nitrogen and oxygen atoms in total. The van der Waals surface area contributed by atoms with E-state index in [1.807, 2.05) is 24.9 Å². The molecule has 0 aliphatic carbocycles. The van der Waals surface area contributed by atoms with Crippen LogP contribution >= 0.6 is 0 Å². The van der Waals surface area contributed by atoms with Gasteiger partial charge in [0.1, 0.15) is 0 Å². The fourth-order valence-electron chi connectivity index (χ4n) is 3.10. The van der Waals surface area contributed by atoms with Crippen LogP contribution in [0.4, 0.5) is 4.79 Å². The smallest absolute Gasteiger partial charge is 0.321 e. The van der Waals surface area contributed by atoms with Gasteiger partial charge in [-0.1, -0.05) is 30.3 Å². The maximum atomic E-state index is 11.9. The van der Waals surface area contributed by atoms with Crippen molar-refractivity contribution in [2.75, 3.05) is 33.2 Å². The fourth-order valence-corrected chi connectivity index (χ4v) is 3.10. The van der Waals surface area contributed by atoms with E-state index < -0.39 is 6.03 Å². The topological polar surface area (TPSA) is 64.7 Å². The highest BCUT2D eigenvalue weighted by atomic mass is 16.2. The number of hydrogen-bond donors (Lipinski definition) is 2. The van der Waals surface area contributed by atoms with Crippen molar-refractivity contribution in [2.24, 2.45) is 0 Å². The first kappa shape index (κ1) is 18.4. The SMILES string of the molecule is CCNC(=O)NC(=O)CN(C)C1CCCN(Cc2ccccc2)C1. The molecule has 0 radical (unpaired) electrons. The number of rotatable bonds is 6. The molecule has 132 valence electrons. The molecule has 2 N–H and O–H groups in total. The van der Waals surface area contributed by atoms with Crippen molar-refractivity contribution >= 4 is 11.9 Å². The summed E-state index contributed by atoms with van der Waals surface area (Å²) in [5.74, 6) is -0.261. The van der Waals surface area contributed by atoms with E-state index in [2.05, 4.69) is 39.8 Å². The summed E-state index contributed by atoms with van der Waals surface area (Å²) in [6.07, 6.45) is 2.20. The first-order valence-corrected chi connectivity index (χ1v) is 8.62. The lowest BCUT2D eigenvalue weighted by Crippen LogP contribution is -2.50. The molecular formula is C18H28N4O2. The number of nitrogens with one attached hydrogen (secondary N) is 2. The van der Waals surface area contributed by atoms with Gasteiger partial charge in [0, 0.05) is 25.7 Å². The largest absolute Gasteiger partial charge is 0.338 e. The average molecular weight is 332 g/mol. The number of imide groups is 1. The lowest BCUT2D eigenvalue weighted by atomic mass is 10.0. The van der Waals surface area contributed by atoms with E-state index in [1.165, 1.54) is 5.56 Å². The molecule has 1 heterocycles. The molecule has 0 spiro atoms. The maximum absolute atomic E-state index is 11.9. The minimum Gasteiger partial charge on any atom is -0.338 e. The van der Waals surface area contributed by atoms with Gasteiger partial charge in [0.15, 0.2) is 0 Å². The number of nitrogens with zero attached hydrogens (tertiary/aromatic N) is 2. The van der Waals surface area contributed by atoms with E-state index in [0.29, 0.717) is 12.6 Å². The monoisotopic (exact) mass is 332 g/mol. The number of piperidine rings is 1. The van der Waals surface area contributed by atoms with Gasteiger partial charge in [0.2, 0.25) is 5.91 Å². The molecule has 1 aliphatic rings. The highest BCUT2D eigenvalue weighted by Gasteiger charge is 2.24. The molecule has 0 saturated carbocycles. The van der Waals surface area contributed by atoms with Gasteiger partial charge < -0.3 is 5.32 Å². The van der Waals surface area contributed by atoms with E-state index in [4.69, 9.17) is 0 Å². The lowest BCUT2D eigenvalue weighted by molar-refractivity contribution is -0.121. The number of carbonyl (C=O) groups is 2. The van der Waals surface area contributed by atoms with Crippen LogP contribution < -0.4 is 10.6 Å². The minimum absolute atomic E-state index is 0.237. The Bertz CT molecular complexity index is 535. The Hall–Kier alpha value is -1.92. The van der Waals surface area contributed by atoms with Crippen LogP contribution in [0, 0.1) is 0 Å². The summed E-state index contributed by atoms with van der Waals surface area (Å²) in [4.78, 5) is 27.8. The lowest BCUT2D eigenvalue weighted by Gasteiger charge is -2.37. The number of likely N-dealkylation sites (tertiary alicyclic amines) is 1. The van der Waals surface area contributed by atoms with Crippen molar-refractivity contribution < 1.29 is 9.59 Å². The van der Waals surface area contributed by atoms with Crippen LogP contribution in [0.1, 0.15) is 25.3 Å². The molecule has 1 fully saturated rings. The zero-order chi connectivity index (χ0) is 17.4. The summed E-state index contributed by atoms with van der Waals surface area (Å²) < 4.78 is 0. The number of amides is 3. The van der Waals surface area contributed by atoms with Gasteiger partial charge in [0.25, 0.3) is 0 Å². The van der Waals surface area contributed by atoms with Gasteiger partial charge in [-0.05, 0) is 38.9 Å². The fraction of sp³-hybridized carbons (Fsp3) is 0.556. The van der Waals surface area contributed by atoms with E-state index in [9.17, 15) is 9.59 Å². The van der Waals surface area contributed by atoms with Crippen molar-refractivity contribution in [3.8, 4) is 0 Å². The number of carbonyl (C=O) groups excluding carboxylic acids is 2. The average Bonchev–Trinajstić information content (AvgIpc) is 2.56. The van der Waals surface area contributed by atoms with Crippen LogP contribution in [0.15, 0.2) is 30.3 Å². The van der Waals surface area contributed by atoms with Crippen molar-refractivity contribution in [2.45, 2.75) is 32.4 Å². The molecule has 2 rings (SSSR count). The van der Waals surface area contributed by atoms with Gasteiger partial charge in [-0.3, -0.25) is 19.9 Å². The molecular weight excluding hydrogens is 304 g/mol.